The first kappa shape index (κ1) is 14.0. The number of urea groups is 1. The molecule has 2 fully saturated rings. The number of nitrogens with one attached hydrogen (secondary N) is 2. The molecule has 1 aromatic rings. The molecule has 21 heavy (non-hydrogen) atoms. The Balaban J connectivity index is 1.73. The van der Waals surface area contributed by atoms with Gasteiger partial charge in [-0.25, -0.2) is 4.79 Å². The first-order chi connectivity index (χ1) is 10.2. The van der Waals surface area contributed by atoms with Crippen LogP contribution in [0.25, 0.3) is 0 Å². The van der Waals surface area contributed by atoms with Crippen LogP contribution < -0.4 is 20.1 Å². The molecular formula is C15H21N3O3. The van der Waals surface area contributed by atoms with Gasteiger partial charge in [0.25, 0.3) is 0 Å². The van der Waals surface area contributed by atoms with Crippen molar-refractivity contribution in [2.24, 2.45) is 0 Å². The van der Waals surface area contributed by atoms with E-state index in [1.165, 1.54) is 0 Å². The Morgan fingerprint density at radius 2 is 1.86 bits per heavy atom. The second-order valence-electron chi connectivity index (χ2n) is 5.45. The maximum absolute atomic E-state index is 12.5. The third-order valence-electron chi connectivity index (χ3n) is 4.25. The molecule has 2 bridgehead atoms. The monoisotopic (exact) mass is 291 g/mol. The predicted molar refractivity (Wildman–Crippen MR) is 80.1 cm³/mol. The molecule has 2 aliphatic rings. The molecule has 2 saturated heterocycles. The molecule has 0 spiro atoms. The Morgan fingerprint density at radius 3 is 2.48 bits per heavy atom. The number of benzene rings is 1. The van der Waals surface area contributed by atoms with Crippen molar-refractivity contribution < 1.29 is 14.3 Å². The number of carbonyl (C=O) groups is 1. The number of methoxy groups -OCH3 is 2. The minimum absolute atomic E-state index is 0.0313. The molecule has 2 aliphatic heterocycles. The lowest BCUT2D eigenvalue weighted by atomic mass is 10.2. The van der Waals surface area contributed by atoms with Gasteiger partial charge in [-0.15, -0.1) is 0 Å². The molecule has 2 amide bonds. The zero-order valence-corrected chi connectivity index (χ0v) is 12.4. The summed E-state index contributed by atoms with van der Waals surface area (Å²) in [6.07, 6.45) is 2.16. The Kier molecular flexibility index (Phi) is 3.88. The fourth-order valence-corrected chi connectivity index (χ4v) is 3.21. The third kappa shape index (κ3) is 2.63. The van der Waals surface area contributed by atoms with E-state index in [1.54, 1.807) is 26.4 Å². The third-order valence-corrected chi connectivity index (χ3v) is 4.25. The smallest absolute Gasteiger partial charge is 0.322 e. The molecule has 6 heteroatoms. The van der Waals surface area contributed by atoms with Crippen LogP contribution in [0.5, 0.6) is 11.5 Å². The molecule has 2 unspecified atom stereocenters. The lowest BCUT2D eigenvalue weighted by Gasteiger charge is -2.35. The number of amides is 2. The SMILES string of the molecule is COc1ccc(NC(=O)N2C3CCC2CNC3)cc1OC. The highest BCUT2D eigenvalue weighted by molar-refractivity contribution is 5.90. The molecule has 114 valence electrons. The van der Waals surface area contributed by atoms with Gasteiger partial charge < -0.3 is 25.0 Å². The van der Waals surface area contributed by atoms with Gasteiger partial charge >= 0.3 is 6.03 Å². The van der Waals surface area contributed by atoms with Crippen molar-refractivity contribution in [3.8, 4) is 11.5 Å². The normalized spacial score (nSPS) is 23.8. The van der Waals surface area contributed by atoms with Crippen LogP contribution in [-0.4, -0.2) is 50.3 Å². The summed E-state index contributed by atoms with van der Waals surface area (Å²) in [6, 6.07) is 5.98. The summed E-state index contributed by atoms with van der Waals surface area (Å²) in [5, 5.41) is 6.33. The topological polar surface area (TPSA) is 62.8 Å². The number of anilines is 1. The first-order valence-corrected chi connectivity index (χ1v) is 7.25. The maximum atomic E-state index is 12.5. The van der Waals surface area contributed by atoms with Crippen LogP contribution in [0.4, 0.5) is 10.5 Å². The molecule has 0 aromatic heterocycles. The molecule has 0 aliphatic carbocycles. The van der Waals surface area contributed by atoms with E-state index in [2.05, 4.69) is 10.6 Å². The number of hydrogen-bond acceptors (Lipinski definition) is 4. The summed E-state index contributed by atoms with van der Waals surface area (Å²) in [7, 11) is 3.18. The van der Waals surface area contributed by atoms with Crippen LogP contribution >= 0.6 is 0 Å². The van der Waals surface area contributed by atoms with E-state index in [-0.39, 0.29) is 6.03 Å². The van der Waals surface area contributed by atoms with Crippen molar-refractivity contribution in [2.75, 3.05) is 32.6 Å². The van der Waals surface area contributed by atoms with Crippen LogP contribution in [0.1, 0.15) is 12.8 Å². The Morgan fingerprint density at radius 1 is 1.19 bits per heavy atom. The molecule has 0 radical (unpaired) electrons. The van der Waals surface area contributed by atoms with Crippen molar-refractivity contribution in [3.63, 3.8) is 0 Å². The zero-order chi connectivity index (χ0) is 14.8. The van der Waals surface area contributed by atoms with E-state index in [4.69, 9.17) is 9.47 Å². The number of rotatable bonds is 3. The summed E-state index contributed by atoms with van der Waals surface area (Å²) >= 11 is 0. The second-order valence-corrected chi connectivity index (χ2v) is 5.45. The predicted octanol–water partition coefficient (Wildman–Crippen LogP) is 1.67. The molecule has 2 atom stereocenters. The van der Waals surface area contributed by atoms with E-state index in [9.17, 15) is 4.79 Å². The Bertz CT molecular complexity index is 519. The molecule has 2 heterocycles. The van der Waals surface area contributed by atoms with Gasteiger partial charge in [0, 0.05) is 36.9 Å². The van der Waals surface area contributed by atoms with E-state index in [0.29, 0.717) is 23.6 Å². The lowest BCUT2D eigenvalue weighted by Crippen LogP contribution is -2.55. The van der Waals surface area contributed by atoms with Crippen LogP contribution in [-0.2, 0) is 0 Å². The summed E-state index contributed by atoms with van der Waals surface area (Å²) in [5.74, 6) is 1.26. The lowest BCUT2D eigenvalue weighted by molar-refractivity contribution is 0.167. The van der Waals surface area contributed by atoms with Crippen molar-refractivity contribution in [1.29, 1.82) is 0 Å². The van der Waals surface area contributed by atoms with Crippen LogP contribution in [0.15, 0.2) is 18.2 Å². The van der Waals surface area contributed by atoms with E-state index in [1.807, 2.05) is 11.0 Å². The van der Waals surface area contributed by atoms with Gasteiger partial charge in [-0.3, -0.25) is 0 Å². The first-order valence-electron chi connectivity index (χ1n) is 7.25. The minimum atomic E-state index is -0.0313. The molecule has 0 saturated carbocycles. The fourth-order valence-electron chi connectivity index (χ4n) is 3.21. The molecule has 2 N–H and O–H groups in total. The van der Waals surface area contributed by atoms with Gasteiger partial charge in [-0.1, -0.05) is 0 Å². The highest BCUT2D eigenvalue weighted by Crippen LogP contribution is 2.31. The number of ether oxygens (including phenoxy) is 2. The van der Waals surface area contributed by atoms with Gasteiger partial charge in [0.1, 0.15) is 0 Å². The summed E-state index contributed by atoms with van der Waals surface area (Å²) in [5.41, 5.74) is 0.718. The average molecular weight is 291 g/mol. The Hall–Kier alpha value is -1.95. The summed E-state index contributed by atoms with van der Waals surface area (Å²) in [6.45, 7) is 1.77. The van der Waals surface area contributed by atoms with Gasteiger partial charge in [0.2, 0.25) is 0 Å². The van der Waals surface area contributed by atoms with E-state index >= 15 is 0 Å². The van der Waals surface area contributed by atoms with E-state index < -0.39 is 0 Å². The van der Waals surface area contributed by atoms with Crippen LogP contribution in [0, 0.1) is 0 Å². The largest absolute Gasteiger partial charge is 0.493 e. The van der Waals surface area contributed by atoms with Crippen molar-refractivity contribution in [3.05, 3.63) is 18.2 Å². The zero-order valence-electron chi connectivity index (χ0n) is 12.4. The standard InChI is InChI=1S/C15H21N3O3/c1-20-13-6-3-10(7-14(13)21-2)17-15(19)18-11-4-5-12(18)9-16-8-11/h3,6-7,11-12,16H,4-5,8-9H2,1-2H3,(H,17,19). The van der Waals surface area contributed by atoms with Gasteiger partial charge in [-0.2, -0.15) is 0 Å². The number of hydrogen-bond donors (Lipinski definition) is 2. The summed E-state index contributed by atoms with van der Waals surface area (Å²) in [4.78, 5) is 14.5. The average Bonchev–Trinajstić information content (AvgIpc) is 2.76. The molecule has 6 nitrogen and oxygen atoms in total. The van der Waals surface area contributed by atoms with Crippen LogP contribution in [0.3, 0.4) is 0 Å². The number of carbonyl (C=O) groups excluding carboxylic acids is 1. The van der Waals surface area contributed by atoms with Crippen molar-refractivity contribution in [2.45, 2.75) is 24.9 Å². The maximum Gasteiger partial charge on any atom is 0.322 e. The van der Waals surface area contributed by atoms with E-state index in [0.717, 1.165) is 31.6 Å². The summed E-state index contributed by atoms with van der Waals surface area (Å²) < 4.78 is 10.5. The van der Waals surface area contributed by atoms with Gasteiger partial charge in [0.05, 0.1) is 14.2 Å². The molecule has 3 rings (SSSR count). The molecule has 1 aromatic carbocycles. The minimum Gasteiger partial charge on any atom is -0.493 e. The number of piperazine rings is 1. The highest BCUT2D eigenvalue weighted by Gasteiger charge is 2.39. The fraction of sp³-hybridized carbons (Fsp3) is 0.533. The van der Waals surface area contributed by atoms with Crippen LogP contribution in [0.2, 0.25) is 0 Å². The highest BCUT2D eigenvalue weighted by atomic mass is 16.5. The second kappa shape index (κ2) is 5.81. The molecular weight excluding hydrogens is 270 g/mol. The number of fused-ring (bicyclic) bond motifs is 2. The Labute approximate surface area is 124 Å². The van der Waals surface area contributed by atoms with Gasteiger partial charge in [-0.05, 0) is 25.0 Å². The van der Waals surface area contributed by atoms with Crippen molar-refractivity contribution in [1.82, 2.24) is 10.2 Å². The quantitative estimate of drug-likeness (QED) is 0.889. The van der Waals surface area contributed by atoms with Gasteiger partial charge in [0.15, 0.2) is 11.5 Å². The number of nitrogens with zero attached hydrogens (tertiary/aromatic N) is 1. The van der Waals surface area contributed by atoms with Crippen molar-refractivity contribution >= 4 is 11.7 Å².